The van der Waals surface area contributed by atoms with Gasteiger partial charge in [0, 0.05) is 0 Å². The average molecular weight is 345 g/mol. The SMILES string of the molecule is CP(c1ccccc1)C(O[Si](C)(C)C(C)(C)C)c1ccccc1. The number of rotatable bonds is 5. The van der Waals surface area contributed by atoms with Gasteiger partial charge in [-0.1, -0.05) is 81.4 Å². The average Bonchev–Trinajstić information content (AvgIpc) is 2.52. The van der Waals surface area contributed by atoms with Gasteiger partial charge in [0.25, 0.3) is 0 Å². The van der Waals surface area contributed by atoms with Crippen LogP contribution in [0.25, 0.3) is 0 Å². The molecular weight excluding hydrogens is 315 g/mol. The second-order valence-corrected chi connectivity index (χ2v) is 14.6. The van der Waals surface area contributed by atoms with Crippen LogP contribution in [0.5, 0.6) is 0 Å². The summed E-state index contributed by atoms with van der Waals surface area (Å²) in [6.45, 7) is 14.0. The molecule has 2 aromatic carbocycles. The zero-order chi connectivity index (χ0) is 17.1. The van der Waals surface area contributed by atoms with Crippen molar-refractivity contribution in [2.24, 2.45) is 0 Å². The van der Waals surface area contributed by atoms with Gasteiger partial charge in [0.1, 0.15) is 0 Å². The van der Waals surface area contributed by atoms with Crippen LogP contribution in [-0.4, -0.2) is 15.0 Å². The van der Waals surface area contributed by atoms with Crippen molar-refractivity contribution in [3.05, 3.63) is 66.2 Å². The van der Waals surface area contributed by atoms with E-state index in [2.05, 4.69) is 101 Å². The molecule has 0 radical (unpaired) electrons. The standard InChI is InChI=1S/C20H29OPSi/c1-20(2,3)23(5,6)21-19(17-13-9-7-10-14-17)22(4)18-15-11-8-12-16-18/h7-16,19H,1-6H3. The minimum Gasteiger partial charge on any atom is -0.406 e. The molecule has 0 fully saturated rings. The van der Waals surface area contributed by atoms with E-state index in [-0.39, 0.29) is 10.9 Å². The summed E-state index contributed by atoms with van der Waals surface area (Å²) in [6.07, 6.45) is 0. The smallest absolute Gasteiger partial charge is 0.193 e. The van der Waals surface area contributed by atoms with Crippen molar-refractivity contribution in [2.45, 2.75) is 44.7 Å². The van der Waals surface area contributed by atoms with Gasteiger partial charge in [0.15, 0.2) is 8.32 Å². The molecule has 0 aliphatic carbocycles. The van der Waals surface area contributed by atoms with E-state index in [1.807, 2.05) is 0 Å². The monoisotopic (exact) mass is 344 g/mol. The summed E-state index contributed by atoms with van der Waals surface area (Å²) in [5.41, 5.74) is 1.30. The zero-order valence-electron chi connectivity index (χ0n) is 15.2. The molecule has 0 bridgehead atoms. The molecule has 0 saturated heterocycles. The Hall–Kier alpha value is -0.953. The van der Waals surface area contributed by atoms with Gasteiger partial charge >= 0.3 is 0 Å². The molecule has 0 N–H and O–H groups in total. The molecule has 0 spiro atoms. The maximum absolute atomic E-state index is 6.87. The molecule has 0 aromatic heterocycles. The number of hydrogen-bond acceptors (Lipinski definition) is 1. The van der Waals surface area contributed by atoms with E-state index < -0.39 is 16.2 Å². The predicted octanol–water partition coefficient (Wildman–Crippen LogP) is 6.14. The molecule has 1 nitrogen and oxygen atoms in total. The quantitative estimate of drug-likeness (QED) is 0.467. The van der Waals surface area contributed by atoms with E-state index in [0.717, 1.165) is 0 Å². The summed E-state index contributed by atoms with van der Waals surface area (Å²) in [7, 11) is -2.24. The van der Waals surface area contributed by atoms with Gasteiger partial charge in [-0.3, -0.25) is 0 Å². The van der Waals surface area contributed by atoms with Crippen LogP contribution in [0.15, 0.2) is 60.7 Å². The third kappa shape index (κ3) is 4.53. The minimum atomic E-state index is -1.83. The Bertz CT molecular complexity index is 605. The van der Waals surface area contributed by atoms with Crippen molar-refractivity contribution in [1.82, 2.24) is 0 Å². The molecule has 0 saturated carbocycles. The highest BCUT2D eigenvalue weighted by Gasteiger charge is 2.40. The molecule has 2 atom stereocenters. The van der Waals surface area contributed by atoms with Crippen LogP contribution >= 0.6 is 7.92 Å². The number of hydrogen-bond donors (Lipinski definition) is 0. The fraction of sp³-hybridized carbons (Fsp3) is 0.400. The van der Waals surface area contributed by atoms with Crippen molar-refractivity contribution < 1.29 is 4.43 Å². The molecule has 2 rings (SSSR count). The van der Waals surface area contributed by atoms with E-state index in [4.69, 9.17) is 4.43 Å². The second kappa shape index (κ2) is 7.30. The van der Waals surface area contributed by atoms with Crippen LogP contribution in [0, 0.1) is 0 Å². The summed E-state index contributed by atoms with van der Waals surface area (Å²) in [4.78, 5) is 0. The van der Waals surface area contributed by atoms with Gasteiger partial charge in [-0.2, -0.15) is 0 Å². The van der Waals surface area contributed by atoms with Crippen LogP contribution < -0.4 is 5.30 Å². The van der Waals surface area contributed by atoms with Gasteiger partial charge in [0.05, 0.1) is 5.85 Å². The Morgan fingerprint density at radius 3 is 1.83 bits per heavy atom. The van der Waals surface area contributed by atoms with Gasteiger partial charge in [-0.25, -0.2) is 0 Å². The first-order chi connectivity index (χ1) is 10.7. The van der Waals surface area contributed by atoms with Crippen LogP contribution in [0.1, 0.15) is 32.2 Å². The number of benzene rings is 2. The maximum atomic E-state index is 6.87. The normalized spacial score (nSPS) is 15.2. The highest BCUT2D eigenvalue weighted by Crippen LogP contribution is 2.52. The molecule has 23 heavy (non-hydrogen) atoms. The van der Waals surface area contributed by atoms with Crippen LogP contribution in [0.2, 0.25) is 18.1 Å². The van der Waals surface area contributed by atoms with E-state index in [1.54, 1.807) is 0 Å². The van der Waals surface area contributed by atoms with Gasteiger partial charge in [-0.05, 0) is 43.6 Å². The Labute approximate surface area is 144 Å². The first kappa shape index (κ1) is 18.4. The molecule has 0 aliphatic rings. The predicted molar refractivity (Wildman–Crippen MR) is 106 cm³/mol. The summed E-state index contributed by atoms with van der Waals surface area (Å²) in [5.74, 6) is 0.162. The Kier molecular flexibility index (Phi) is 5.83. The Morgan fingerprint density at radius 2 is 1.35 bits per heavy atom. The fourth-order valence-electron chi connectivity index (χ4n) is 2.24. The first-order valence-corrected chi connectivity index (χ1v) is 13.0. The van der Waals surface area contributed by atoms with Gasteiger partial charge in [0.2, 0.25) is 0 Å². The third-order valence-electron chi connectivity index (χ3n) is 4.81. The fourth-order valence-corrected chi connectivity index (χ4v) is 6.25. The zero-order valence-corrected chi connectivity index (χ0v) is 17.1. The van der Waals surface area contributed by atoms with Crippen molar-refractivity contribution in [3.8, 4) is 0 Å². The van der Waals surface area contributed by atoms with E-state index in [0.29, 0.717) is 0 Å². The summed E-state index contributed by atoms with van der Waals surface area (Å²) < 4.78 is 6.87. The van der Waals surface area contributed by atoms with Gasteiger partial charge < -0.3 is 4.43 Å². The molecule has 124 valence electrons. The molecule has 2 unspecified atom stereocenters. The lowest BCUT2D eigenvalue weighted by Gasteiger charge is -2.41. The van der Waals surface area contributed by atoms with E-state index >= 15 is 0 Å². The Balaban J connectivity index is 2.37. The molecule has 0 amide bonds. The molecule has 0 aliphatic heterocycles. The lowest BCUT2D eigenvalue weighted by Crippen LogP contribution is -2.41. The third-order valence-corrected chi connectivity index (χ3v) is 11.7. The molecule has 3 heteroatoms. The highest BCUT2D eigenvalue weighted by molar-refractivity contribution is 7.65. The Morgan fingerprint density at radius 1 is 0.870 bits per heavy atom. The molecular formula is C20H29OPSi. The van der Waals surface area contributed by atoms with Crippen molar-refractivity contribution >= 4 is 21.5 Å². The summed E-state index contributed by atoms with van der Waals surface area (Å²) >= 11 is 0. The van der Waals surface area contributed by atoms with Crippen LogP contribution in [0.4, 0.5) is 0 Å². The lowest BCUT2D eigenvalue weighted by atomic mass is 10.2. The van der Waals surface area contributed by atoms with Gasteiger partial charge in [-0.15, -0.1) is 0 Å². The first-order valence-electron chi connectivity index (χ1n) is 8.23. The van der Waals surface area contributed by atoms with E-state index in [9.17, 15) is 0 Å². The van der Waals surface area contributed by atoms with Crippen molar-refractivity contribution in [1.29, 1.82) is 0 Å². The second-order valence-electron chi connectivity index (χ2n) is 7.59. The van der Waals surface area contributed by atoms with Crippen molar-refractivity contribution in [2.75, 3.05) is 6.66 Å². The van der Waals surface area contributed by atoms with Crippen LogP contribution in [0.3, 0.4) is 0 Å². The summed E-state index contributed by atoms with van der Waals surface area (Å²) in [6, 6.07) is 21.5. The van der Waals surface area contributed by atoms with Crippen molar-refractivity contribution in [3.63, 3.8) is 0 Å². The van der Waals surface area contributed by atoms with Crippen LogP contribution in [-0.2, 0) is 4.43 Å². The summed E-state index contributed by atoms with van der Waals surface area (Å²) in [5, 5.41) is 1.61. The van der Waals surface area contributed by atoms with E-state index in [1.165, 1.54) is 10.9 Å². The largest absolute Gasteiger partial charge is 0.406 e. The molecule has 0 heterocycles. The highest BCUT2D eigenvalue weighted by atomic mass is 31.1. The molecule has 2 aromatic rings. The maximum Gasteiger partial charge on any atom is 0.193 e. The topological polar surface area (TPSA) is 9.23 Å². The minimum absolute atomic E-state index is 0.162. The lowest BCUT2D eigenvalue weighted by molar-refractivity contribution is 0.262.